The number of alkyl halides is 3. The summed E-state index contributed by atoms with van der Waals surface area (Å²) in [5, 5.41) is 2.72. The summed E-state index contributed by atoms with van der Waals surface area (Å²) in [4.78, 5) is 30.3. The van der Waals surface area contributed by atoms with Crippen LogP contribution in [-0.2, 0) is 12.6 Å². The second-order valence-corrected chi connectivity index (χ2v) is 5.65. The fourth-order valence-electron chi connectivity index (χ4n) is 1.79. The lowest BCUT2D eigenvalue weighted by atomic mass is 10.2. The second-order valence-electron chi connectivity index (χ2n) is 4.44. The number of hydrogen-bond donors (Lipinski definition) is 2. The van der Waals surface area contributed by atoms with Gasteiger partial charge in [0.15, 0.2) is 5.13 Å². The molecule has 2 aromatic rings. The van der Waals surface area contributed by atoms with Crippen LogP contribution in [0.3, 0.4) is 0 Å². The minimum atomic E-state index is -4.67. The lowest BCUT2D eigenvalue weighted by Gasteiger charge is -2.07. The highest BCUT2D eigenvalue weighted by Gasteiger charge is 2.32. The summed E-state index contributed by atoms with van der Waals surface area (Å²) in [6.45, 7) is 3.76. The Morgan fingerprint density at radius 1 is 1.41 bits per heavy atom. The van der Waals surface area contributed by atoms with Gasteiger partial charge in [0.1, 0.15) is 11.3 Å². The van der Waals surface area contributed by atoms with Crippen molar-refractivity contribution in [2.75, 3.05) is 5.32 Å². The lowest BCUT2D eigenvalue weighted by Crippen LogP contribution is -2.25. The molecule has 118 valence electrons. The van der Waals surface area contributed by atoms with Gasteiger partial charge in [-0.2, -0.15) is 13.2 Å². The monoisotopic (exact) mass is 331 g/mol. The molecular formula is C13H12F3N3O2S. The van der Waals surface area contributed by atoms with Gasteiger partial charge in [0, 0.05) is 4.88 Å². The molecule has 0 aliphatic heterocycles. The molecule has 0 aromatic carbocycles. The summed E-state index contributed by atoms with van der Waals surface area (Å²) in [5.41, 5.74) is -1.88. The van der Waals surface area contributed by atoms with Crippen molar-refractivity contribution in [2.45, 2.75) is 26.4 Å². The van der Waals surface area contributed by atoms with E-state index in [1.54, 1.807) is 4.98 Å². The number of nitrogens with zero attached hydrogens (tertiary/aromatic N) is 1. The number of carbonyl (C=O) groups is 1. The van der Waals surface area contributed by atoms with Crippen LogP contribution in [0.15, 0.2) is 16.9 Å². The fourth-order valence-corrected chi connectivity index (χ4v) is 2.69. The van der Waals surface area contributed by atoms with Crippen LogP contribution in [0.5, 0.6) is 0 Å². The topological polar surface area (TPSA) is 74.8 Å². The Hall–Kier alpha value is -2.16. The van der Waals surface area contributed by atoms with Crippen molar-refractivity contribution in [3.8, 4) is 0 Å². The maximum Gasteiger partial charge on any atom is 0.431 e. The number of pyridine rings is 1. The Labute approximate surface area is 127 Å². The number of nitrogens with one attached hydrogen (secondary N) is 2. The molecular weight excluding hydrogens is 319 g/mol. The van der Waals surface area contributed by atoms with E-state index in [2.05, 4.69) is 10.3 Å². The number of halogens is 3. The highest BCUT2D eigenvalue weighted by molar-refractivity contribution is 7.15. The van der Waals surface area contributed by atoms with E-state index in [4.69, 9.17) is 0 Å². The molecule has 1 amide bonds. The quantitative estimate of drug-likeness (QED) is 0.908. The Kier molecular flexibility index (Phi) is 4.36. The van der Waals surface area contributed by atoms with E-state index in [1.165, 1.54) is 11.3 Å². The summed E-state index contributed by atoms with van der Waals surface area (Å²) in [6.07, 6.45) is -3.98. The van der Waals surface area contributed by atoms with Gasteiger partial charge in [0.2, 0.25) is 0 Å². The molecule has 0 aliphatic carbocycles. The van der Waals surface area contributed by atoms with E-state index in [0.717, 1.165) is 16.6 Å². The highest BCUT2D eigenvalue weighted by atomic mass is 32.1. The Balaban J connectivity index is 2.24. The molecule has 2 N–H and O–H groups in total. The zero-order chi connectivity index (χ0) is 16.5. The molecule has 22 heavy (non-hydrogen) atoms. The van der Waals surface area contributed by atoms with Crippen molar-refractivity contribution in [3.05, 3.63) is 44.3 Å². The third-order valence-corrected chi connectivity index (χ3v) is 3.84. The Bertz CT molecular complexity index is 765. The first-order valence-corrected chi connectivity index (χ1v) is 7.12. The predicted molar refractivity (Wildman–Crippen MR) is 76.2 cm³/mol. The van der Waals surface area contributed by atoms with E-state index in [9.17, 15) is 22.8 Å². The summed E-state index contributed by atoms with van der Waals surface area (Å²) in [5.74, 6) is -0.800. The normalized spacial score (nSPS) is 11.5. The third kappa shape index (κ3) is 3.35. The van der Waals surface area contributed by atoms with Crippen LogP contribution in [0, 0.1) is 6.92 Å². The molecule has 0 fully saturated rings. The number of H-pyrrole nitrogens is 1. The first kappa shape index (κ1) is 16.2. The van der Waals surface area contributed by atoms with Crippen molar-refractivity contribution in [1.29, 1.82) is 0 Å². The Morgan fingerprint density at radius 2 is 2.09 bits per heavy atom. The van der Waals surface area contributed by atoms with E-state index < -0.39 is 28.9 Å². The van der Waals surface area contributed by atoms with Gasteiger partial charge >= 0.3 is 6.18 Å². The molecule has 0 saturated heterocycles. The standard InChI is InChI=1S/C13H12F3N3O2S/c1-3-8-6(2)22-12(17-8)19-11(21)7-4-5-9(13(14,15)16)18-10(7)20/h4-5H,3H2,1-2H3,(H,18,20)(H,17,19,21). The van der Waals surface area contributed by atoms with Gasteiger partial charge in [-0.05, 0) is 25.5 Å². The number of aromatic amines is 1. The predicted octanol–water partition coefficient (Wildman–Crippen LogP) is 2.97. The van der Waals surface area contributed by atoms with Gasteiger partial charge in [-0.1, -0.05) is 6.92 Å². The van der Waals surface area contributed by atoms with Crippen molar-refractivity contribution < 1.29 is 18.0 Å². The maximum absolute atomic E-state index is 12.5. The molecule has 2 heterocycles. The van der Waals surface area contributed by atoms with Gasteiger partial charge in [0.05, 0.1) is 5.69 Å². The first-order valence-electron chi connectivity index (χ1n) is 6.30. The first-order chi connectivity index (χ1) is 10.2. The molecule has 0 spiro atoms. The number of anilines is 1. The SMILES string of the molecule is CCc1nc(NC(=O)c2ccc(C(F)(F)F)[nH]c2=O)sc1C. The van der Waals surface area contributed by atoms with Crippen LogP contribution < -0.4 is 10.9 Å². The Morgan fingerprint density at radius 3 is 2.59 bits per heavy atom. The number of thiazole rings is 1. The van der Waals surface area contributed by atoms with Crippen molar-refractivity contribution >= 4 is 22.4 Å². The number of aryl methyl sites for hydroxylation is 2. The smallest absolute Gasteiger partial charge is 0.318 e. The minimum Gasteiger partial charge on any atom is -0.318 e. The molecule has 5 nitrogen and oxygen atoms in total. The van der Waals surface area contributed by atoms with Gasteiger partial charge < -0.3 is 4.98 Å². The van der Waals surface area contributed by atoms with Crippen LogP contribution >= 0.6 is 11.3 Å². The summed E-state index contributed by atoms with van der Waals surface area (Å²) in [6, 6.07) is 1.50. The fraction of sp³-hybridized carbons (Fsp3) is 0.308. The van der Waals surface area contributed by atoms with Gasteiger partial charge in [-0.25, -0.2) is 4.98 Å². The largest absolute Gasteiger partial charge is 0.431 e. The van der Waals surface area contributed by atoms with Crippen molar-refractivity contribution in [2.24, 2.45) is 0 Å². The van der Waals surface area contributed by atoms with E-state index >= 15 is 0 Å². The number of rotatable bonds is 3. The van der Waals surface area contributed by atoms with E-state index in [0.29, 0.717) is 17.6 Å². The molecule has 0 aliphatic rings. The molecule has 0 unspecified atom stereocenters. The molecule has 0 radical (unpaired) electrons. The molecule has 0 bridgehead atoms. The number of aromatic nitrogens is 2. The minimum absolute atomic E-state index is 0.304. The van der Waals surface area contributed by atoms with E-state index in [1.807, 2.05) is 13.8 Å². The molecule has 0 saturated carbocycles. The third-order valence-electron chi connectivity index (χ3n) is 2.91. The van der Waals surface area contributed by atoms with E-state index in [-0.39, 0.29) is 0 Å². The summed E-state index contributed by atoms with van der Waals surface area (Å²) in [7, 11) is 0. The van der Waals surface area contributed by atoms with Gasteiger partial charge in [0.25, 0.3) is 11.5 Å². The number of amides is 1. The maximum atomic E-state index is 12.5. The molecule has 9 heteroatoms. The zero-order valence-electron chi connectivity index (χ0n) is 11.7. The van der Waals surface area contributed by atoms with Gasteiger partial charge in [-0.3, -0.25) is 14.9 Å². The van der Waals surface area contributed by atoms with Crippen molar-refractivity contribution in [3.63, 3.8) is 0 Å². The van der Waals surface area contributed by atoms with Crippen LogP contribution in [0.2, 0.25) is 0 Å². The van der Waals surface area contributed by atoms with Crippen LogP contribution in [-0.4, -0.2) is 15.9 Å². The summed E-state index contributed by atoms with van der Waals surface area (Å²) >= 11 is 1.24. The molecule has 2 rings (SSSR count). The second kappa shape index (κ2) is 5.91. The average Bonchev–Trinajstić information content (AvgIpc) is 2.77. The highest BCUT2D eigenvalue weighted by Crippen LogP contribution is 2.26. The summed E-state index contributed by atoms with van der Waals surface area (Å²) < 4.78 is 37.4. The molecule has 0 atom stereocenters. The van der Waals surface area contributed by atoms with Gasteiger partial charge in [-0.15, -0.1) is 11.3 Å². The van der Waals surface area contributed by atoms with Crippen LogP contribution in [0.4, 0.5) is 18.3 Å². The lowest BCUT2D eigenvalue weighted by molar-refractivity contribution is -0.141. The van der Waals surface area contributed by atoms with Crippen LogP contribution in [0.1, 0.15) is 33.5 Å². The number of hydrogen-bond acceptors (Lipinski definition) is 4. The van der Waals surface area contributed by atoms with Crippen LogP contribution in [0.25, 0.3) is 0 Å². The number of carbonyl (C=O) groups excluding carboxylic acids is 1. The molecule has 2 aromatic heterocycles. The zero-order valence-corrected chi connectivity index (χ0v) is 12.5. The van der Waals surface area contributed by atoms with Crippen molar-refractivity contribution in [1.82, 2.24) is 9.97 Å². The average molecular weight is 331 g/mol.